The lowest BCUT2D eigenvalue weighted by atomic mass is 10.0. The van der Waals surface area contributed by atoms with E-state index in [-0.39, 0.29) is 6.61 Å². The Bertz CT molecular complexity index is 608. The summed E-state index contributed by atoms with van der Waals surface area (Å²) in [7, 11) is 0. The maximum Gasteiger partial charge on any atom is 0.0991 e. The Hall–Kier alpha value is -1.79. The van der Waals surface area contributed by atoms with Gasteiger partial charge in [-0.3, -0.25) is 0 Å². The Kier molecular flexibility index (Phi) is 2.81. The minimum Gasteiger partial charge on any atom is -0.396 e. The van der Waals surface area contributed by atoms with E-state index < -0.39 is 0 Å². The van der Waals surface area contributed by atoms with E-state index in [0.717, 1.165) is 23.9 Å². The second-order valence-corrected chi connectivity index (χ2v) is 5.08. The monoisotopic (exact) mass is 240 g/mol. The lowest BCUT2D eigenvalue weighted by molar-refractivity contribution is 0.281. The molecule has 2 unspecified atom stereocenters. The topological polar surface area (TPSA) is 59.8 Å². The van der Waals surface area contributed by atoms with Gasteiger partial charge in [-0.2, -0.15) is 5.26 Å². The number of rotatable bonds is 4. The lowest BCUT2D eigenvalue weighted by Gasteiger charge is -1.99. The molecule has 0 aliphatic heterocycles. The van der Waals surface area contributed by atoms with Gasteiger partial charge in [0, 0.05) is 23.7 Å². The average Bonchev–Trinajstić information content (AvgIpc) is 3.05. The van der Waals surface area contributed by atoms with Crippen LogP contribution in [0.3, 0.4) is 0 Å². The van der Waals surface area contributed by atoms with E-state index in [0.29, 0.717) is 11.8 Å². The van der Waals surface area contributed by atoms with Crippen molar-refractivity contribution in [3.8, 4) is 6.07 Å². The fourth-order valence-corrected chi connectivity index (χ4v) is 2.82. The zero-order valence-corrected chi connectivity index (χ0v) is 10.2. The van der Waals surface area contributed by atoms with E-state index in [4.69, 9.17) is 10.4 Å². The molecule has 3 rings (SSSR count). The maximum atomic E-state index is 8.96. The SMILES string of the molecule is N#Cc1ccc2[nH]cc(C3CC3CCCO)c2c1. The van der Waals surface area contributed by atoms with Gasteiger partial charge in [0.15, 0.2) is 0 Å². The Morgan fingerprint density at radius 2 is 2.33 bits per heavy atom. The first-order chi connectivity index (χ1) is 8.83. The quantitative estimate of drug-likeness (QED) is 0.863. The number of hydrogen-bond acceptors (Lipinski definition) is 2. The van der Waals surface area contributed by atoms with Gasteiger partial charge in [-0.1, -0.05) is 0 Å². The molecule has 1 fully saturated rings. The van der Waals surface area contributed by atoms with Gasteiger partial charge in [0.25, 0.3) is 0 Å². The number of hydrogen-bond donors (Lipinski definition) is 2. The van der Waals surface area contributed by atoms with Crippen LogP contribution in [0.4, 0.5) is 0 Å². The number of fused-ring (bicyclic) bond motifs is 1. The predicted molar refractivity (Wildman–Crippen MR) is 70.2 cm³/mol. The van der Waals surface area contributed by atoms with Crippen LogP contribution in [0.25, 0.3) is 10.9 Å². The number of H-pyrrole nitrogens is 1. The van der Waals surface area contributed by atoms with Crippen molar-refractivity contribution in [2.45, 2.75) is 25.2 Å². The van der Waals surface area contributed by atoms with Gasteiger partial charge in [0.2, 0.25) is 0 Å². The smallest absolute Gasteiger partial charge is 0.0991 e. The number of nitrogens with zero attached hydrogens (tertiary/aromatic N) is 1. The number of aliphatic hydroxyl groups is 1. The van der Waals surface area contributed by atoms with Crippen LogP contribution in [0.1, 0.15) is 36.3 Å². The fourth-order valence-electron chi connectivity index (χ4n) is 2.82. The van der Waals surface area contributed by atoms with Crippen LogP contribution < -0.4 is 0 Å². The molecule has 1 aromatic heterocycles. The first-order valence-corrected chi connectivity index (χ1v) is 6.45. The van der Waals surface area contributed by atoms with Crippen LogP contribution in [-0.2, 0) is 0 Å². The number of benzene rings is 1. The summed E-state index contributed by atoms with van der Waals surface area (Å²) in [6.45, 7) is 0.287. The van der Waals surface area contributed by atoms with Crippen LogP contribution in [0.2, 0.25) is 0 Å². The fraction of sp³-hybridized carbons (Fsp3) is 0.400. The molecule has 3 heteroatoms. The first-order valence-electron chi connectivity index (χ1n) is 6.45. The molecule has 2 aromatic rings. The summed E-state index contributed by atoms with van der Waals surface area (Å²) in [4.78, 5) is 3.28. The molecule has 1 aliphatic carbocycles. The van der Waals surface area contributed by atoms with Gasteiger partial charge in [0.05, 0.1) is 11.6 Å². The molecule has 2 N–H and O–H groups in total. The zero-order valence-electron chi connectivity index (χ0n) is 10.2. The molecule has 0 saturated heterocycles. The highest BCUT2D eigenvalue weighted by molar-refractivity contribution is 5.85. The largest absolute Gasteiger partial charge is 0.396 e. The molecule has 1 aromatic carbocycles. The van der Waals surface area contributed by atoms with E-state index in [9.17, 15) is 0 Å². The molecule has 1 heterocycles. The second-order valence-electron chi connectivity index (χ2n) is 5.08. The van der Waals surface area contributed by atoms with Crippen molar-refractivity contribution in [3.05, 3.63) is 35.5 Å². The van der Waals surface area contributed by atoms with Gasteiger partial charge in [-0.15, -0.1) is 0 Å². The molecule has 0 bridgehead atoms. The third-order valence-corrected chi connectivity index (χ3v) is 3.90. The second kappa shape index (κ2) is 4.47. The van der Waals surface area contributed by atoms with E-state index in [1.54, 1.807) is 0 Å². The minimum atomic E-state index is 0.287. The van der Waals surface area contributed by atoms with Crippen molar-refractivity contribution < 1.29 is 5.11 Å². The summed E-state index contributed by atoms with van der Waals surface area (Å²) in [6, 6.07) is 7.99. The molecule has 0 spiro atoms. The summed E-state index contributed by atoms with van der Waals surface area (Å²) < 4.78 is 0. The maximum absolute atomic E-state index is 8.96. The van der Waals surface area contributed by atoms with Crippen molar-refractivity contribution in [2.24, 2.45) is 5.92 Å². The normalized spacial score (nSPS) is 22.0. The molecule has 92 valence electrons. The number of nitriles is 1. The van der Waals surface area contributed by atoms with Crippen molar-refractivity contribution in [1.82, 2.24) is 4.98 Å². The number of aromatic amines is 1. The highest BCUT2D eigenvalue weighted by Gasteiger charge is 2.38. The van der Waals surface area contributed by atoms with Crippen molar-refractivity contribution in [3.63, 3.8) is 0 Å². The van der Waals surface area contributed by atoms with E-state index in [1.165, 1.54) is 17.4 Å². The number of nitrogens with one attached hydrogen (secondary N) is 1. The van der Waals surface area contributed by atoms with Crippen LogP contribution >= 0.6 is 0 Å². The lowest BCUT2D eigenvalue weighted by Crippen LogP contribution is -1.87. The molecular weight excluding hydrogens is 224 g/mol. The first kappa shape index (κ1) is 11.3. The van der Waals surface area contributed by atoms with Gasteiger partial charge in [-0.05, 0) is 54.9 Å². The molecule has 18 heavy (non-hydrogen) atoms. The summed E-state index contributed by atoms with van der Waals surface area (Å²) in [5.41, 5.74) is 3.16. The predicted octanol–water partition coefficient (Wildman–Crippen LogP) is 2.92. The van der Waals surface area contributed by atoms with E-state index in [2.05, 4.69) is 17.3 Å². The Balaban J connectivity index is 1.87. The Labute approximate surface area is 106 Å². The third kappa shape index (κ3) is 1.89. The molecule has 1 saturated carbocycles. The van der Waals surface area contributed by atoms with Crippen LogP contribution in [-0.4, -0.2) is 16.7 Å². The number of aliphatic hydroxyl groups excluding tert-OH is 1. The van der Waals surface area contributed by atoms with Gasteiger partial charge >= 0.3 is 0 Å². The third-order valence-electron chi connectivity index (χ3n) is 3.90. The molecule has 0 amide bonds. The van der Waals surface area contributed by atoms with Crippen molar-refractivity contribution >= 4 is 10.9 Å². The molecule has 1 aliphatic rings. The highest BCUT2D eigenvalue weighted by atomic mass is 16.2. The summed E-state index contributed by atoms with van der Waals surface area (Å²) in [6.07, 6.45) is 5.29. The molecule has 2 atom stereocenters. The minimum absolute atomic E-state index is 0.287. The summed E-state index contributed by atoms with van der Waals surface area (Å²) in [5, 5.41) is 19.0. The summed E-state index contributed by atoms with van der Waals surface area (Å²) in [5.74, 6) is 1.32. The zero-order chi connectivity index (χ0) is 12.5. The Morgan fingerprint density at radius 3 is 3.11 bits per heavy atom. The van der Waals surface area contributed by atoms with Crippen LogP contribution in [0, 0.1) is 17.2 Å². The molecule has 0 radical (unpaired) electrons. The van der Waals surface area contributed by atoms with Crippen molar-refractivity contribution in [1.29, 1.82) is 5.26 Å². The molecular formula is C15H16N2O. The van der Waals surface area contributed by atoms with Gasteiger partial charge in [0.1, 0.15) is 0 Å². The van der Waals surface area contributed by atoms with Gasteiger partial charge in [-0.25, -0.2) is 0 Å². The van der Waals surface area contributed by atoms with Crippen molar-refractivity contribution in [2.75, 3.05) is 6.61 Å². The van der Waals surface area contributed by atoms with E-state index >= 15 is 0 Å². The number of aromatic nitrogens is 1. The van der Waals surface area contributed by atoms with Crippen LogP contribution in [0.15, 0.2) is 24.4 Å². The Morgan fingerprint density at radius 1 is 1.44 bits per heavy atom. The highest BCUT2D eigenvalue weighted by Crippen LogP contribution is 2.51. The molecule has 3 nitrogen and oxygen atoms in total. The standard InChI is InChI=1S/C15H16N2O/c16-8-10-3-4-15-13(6-10)14(9-17-15)12-7-11(12)2-1-5-18/h3-4,6,9,11-12,17-18H,1-2,5,7H2. The van der Waals surface area contributed by atoms with Crippen LogP contribution in [0.5, 0.6) is 0 Å². The average molecular weight is 240 g/mol. The van der Waals surface area contributed by atoms with E-state index in [1.807, 2.05) is 18.2 Å². The summed E-state index contributed by atoms with van der Waals surface area (Å²) >= 11 is 0. The van der Waals surface area contributed by atoms with Gasteiger partial charge < -0.3 is 10.1 Å².